The van der Waals surface area contributed by atoms with Crippen molar-refractivity contribution in [2.24, 2.45) is 0 Å². The highest BCUT2D eigenvalue weighted by Crippen LogP contribution is 2.15. The Balaban J connectivity index is 1.31. The molecule has 1 aromatic carbocycles. The first kappa shape index (κ1) is 16.1. The second-order valence-corrected chi connectivity index (χ2v) is 7.01. The fourth-order valence-corrected chi connectivity index (χ4v) is 3.78. The summed E-state index contributed by atoms with van der Waals surface area (Å²) in [5.74, 6) is 0. The number of nitrogens with zero attached hydrogens (tertiary/aromatic N) is 4. The number of carbonyl (C=O) groups excluding carboxylic acids is 1. The molecule has 0 saturated carbocycles. The van der Waals surface area contributed by atoms with Gasteiger partial charge in [0, 0.05) is 38.4 Å². The van der Waals surface area contributed by atoms with Gasteiger partial charge in [-0.25, -0.2) is 9.78 Å². The second kappa shape index (κ2) is 7.27. The number of likely N-dealkylation sites (tertiary alicyclic amines) is 1. The Morgan fingerprint density at radius 3 is 2.96 bits per heavy atom. The van der Waals surface area contributed by atoms with E-state index in [-0.39, 0.29) is 12.1 Å². The Bertz CT molecular complexity index is 714. The summed E-state index contributed by atoms with van der Waals surface area (Å²) in [4.78, 5) is 21.1. The molecule has 1 aromatic heterocycles. The molecule has 132 valence electrons. The number of nitrogens with one attached hydrogen (secondary N) is 1. The normalized spacial score (nSPS) is 21.0. The van der Waals surface area contributed by atoms with Crippen molar-refractivity contribution in [3.8, 4) is 0 Å². The van der Waals surface area contributed by atoms with Crippen LogP contribution in [0.15, 0.2) is 42.9 Å². The third-order valence-corrected chi connectivity index (χ3v) is 5.13. The number of hydrogen-bond donors (Lipinski definition) is 1. The van der Waals surface area contributed by atoms with Gasteiger partial charge < -0.3 is 14.8 Å². The van der Waals surface area contributed by atoms with Gasteiger partial charge in [-0.3, -0.25) is 4.90 Å². The zero-order valence-corrected chi connectivity index (χ0v) is 14.5. The Morgan fingerprint density at radius 1 is 1.20 bits per heavy atom. The van der Waals surface area contributed by atoms with Crippen LogP contribution in [0, 0.1) is 0 Å². The van der Waals surface area contributed by atoms with Gasteiger partial charge in [-0.05, 0) is 24.9 Å². The van der Waals surface area contributed by atoms with E-state index in [2.05, 4.69) is 44.0 Å². The molecule has 0 aliphatic carbocycles. The van der Waals surface area contributed by atoms with Crippen LogP contribution in [0.25, 0.3) is 0 Å². The SMILES string of the molecule is O=C(N[C@H]1CCCN(Cc2ccccc2)C1)N1CCn2cncc2C1. The van der Waals surface area contributed by atoms with Crippen molar-refractivity contribution in [3.63, 3.8) is 0 Å². The molecule has 25 heavy (non-hydrogen) atoms. The van der Waals surface area contributed by atoms with Gasteiger partial charge in [-0.1, -0.05) is 30.3 Å². The van der Waals surface area contributed by atoms with Gasteiger partial charge >= 0.3 is 6.03 Å². The summed E-state index contributed by atoms with van der Waals surface area (Å²) in [6.45, 7) is 5.20. The Labute approximate surface area is 148 Å². The van der Waals surface area contributed by atoms with Crippen molar-refractivity contribution in [1.82, 2.24) is 24.7 Å². The number of hydrogen-bond acceptors (Lipinski definition) is 3. The topological polar surface area (TPSA) is 53.4 Å². The van der Waals surface area contributed by atoms with Gasteiger partial charge in [0.2, 0.25) is 0 Å². The number of carbonyl (C=O) groups is 1. The molecule has 1 atom stereocenters. The number of aromatic nitrogens is 2. The number of rotatable bonds is 3. The quantitative estimate of drug-likeness (QED) is 0.931. The average molecular weight is 339 g/mol. The molecule has 1 N–H and O–H groups in total. The molecular weight excluding hydrogens is 314 g/mol. The van der Waals surface area contributed by atoms with Gasteiger partial charge in [-0.15, -0.1) is 0 Å². The first-order chi connectivity index (χ1) is 12.3. The monoisotopic (exact) mass is 339 g/mol. The summed E-state index contributed by atoms with van der Waals surface area (Å²) in [7, 11) is 0. The molecule has 0 spiro atoms. The van der Waals surface area contributed by atoms with Crippen molar-refractivity contribution in [3.05, 3.63) is 54.1 Å². The summed E-state index contributed by atoms with van der Waals surface area (Å²) in [5, 5.41) is 3.24. The maximum Gasteiger partial charge on any atom is 0.318 e. The first-order valence-electron chi connectivity index (χ1n) is 9.08. The van der Waals surface area contributed by atoms with E-state index in [0.717, 1.165) is 51.3 Å². The van der Waals surface area contributed by atoms with E-state index in [1.165, 1.54) is 5.56 Å². The predicted molar refractivity (Wildman–Crippen MR) is 95.9 cm³/mol. The van der Waals surface area contributed by atoms with Crippen LogP contribution < -0.4 is 5.32 Å². The molecule has 3 heterocycles. The lowest BCUT2D eigenvalue weighted by atomic mass is 10.0. The lowest BCUT2D eigenvalue weighted by Gasteiger charge is -2.35. The van der Waals surface area contributed by atoms with Crippen LogP contribution in [0.1, 0.15) is 24.1 Å². The van der Waals surface area contributed by atoms with Crippen molar-refractivity contribution in [1.29, 1.82) is 0 Å². The van der Waals surface area contributed by atoms with E-state index < -0.39 is 0 Å². The molecule has 0 unspecified atom stereocenters. The number of fused-ring (bicyclic) bond motifs is 1. The Morgan fingerprint density at radius 2 is 2.08 bits per heavy atom. The minimum Gasteiger partial charge on any atom is -0.334 e. The standard InChI is InChI=1S/C19H25N5O/c25-19(23-9-10-24-15-20-11-18(24)14-23)21-17-7-4-8-22(13-17)12-16-5-2-1-3-6-16/h1-3,5-6,11,15,17H,4,7-10,12-14H2,(H,21,25)/t17-/m0/s1. The van der Waals surface area contributed by atoms with Crippen molar-refractivity contribution < 1.29 is 4.79 Å². The fourth-order valence-electron chi connectivity index (χ4n) is 3.78. The van der Waals surface area contributed by atoms with Crippen LogP contribution in [0.5, 0.6) is 0 Å². The summed E-state index contributed by atoms with van der Waals surface area (Å²) in [5.41, 5.74) is 2.44. The van der Waals surface area contributed by atoms with E-state index in [1.807, 2.05) is 23.5 Å². The van der Waals surface area contributed by atoms with Crippen LogP contribution in [0.2, 0.25) is 0 Å². The van der Waals surface area contributed by atoms with E-state index >= 15 is 0 Å². The summed E-state index contributed by atoms with van der Waals surface area (Å²) in [6, 6.07) is 10.8. The molecule has 6 nitrogen and oxygen atoms in total. The minimum absolute atomic E-state index is 0.0546. The molecular formula is C19H25N5O. The number of benzene rings is 1. The minimum atomic E-state index is 0.0546. The number of amides is 2. The van der Waals surface area contributed by atoms with Gasteiger partial charge in [0.1, 0.15) is 0 Å². The molecule has 4 rings (SSSR count). The van der Waals surface area contributed by atoms with Gasteiger partial charge in [0.25, 0.3) is 0 Å². The molecule has 2 aromatic rings. The maximum absolute atomic E-state index is 12.6. The zero-order valence-electron chi connectivity index (χ0n) is 14.5. The molecule has 6 heteroatoms. The predicted octanol–water partition coefficient (Wildman–Crippen LogP) is 2.07. The fraction of sp³-hybridized carbons (Fsp3) is 0.474. The van der Waals surface area contributed by atoms with Gasteiger partial charge in [0.05, 0.1) is 18.6 Å². The molecule has 1 saturated heterocycles. The first-order valence-corrected chi connectivity index (χ1v) is 9.08. The van der Waals surface area contributed by atoms with Crippen molar-refractivity contribution in [2.75, 3.05) is 19.6 Å². The Kier molecular flexibility index (Phi) is 4.70. The van der Waals surface area contributed by atoms with Crippen LogP contribution in [-0.2, 0) is 19.6 Å². The lowest BCUT2D eigenvalue weighted by Crippen LogP contribution is -2.52. The van der Waals surface area contributed by atoms with Crippen LogP contribution >= 0.6 is 0 Å². The molecule has 2 amide bonds. The summed E-state index contributed by atoms with van der Waals surface area (Å²) >= 11 is 0. The second-order valence-electron chi connectivity index (χ2n) is 7.01. The number of piperidine rings is 1. The molecule has 1 fully saturated rings. The number of urea groups is 1. The molecule has 2 aliphatic rings. The Hall–Kier alpha value is -2.34. The molecule has 2 aliphatic heterocycles. The van der Waals surface area contributed by atoms with Crippen LogP contribution in [0.4, 0.5) is 4.79 Å². The highest BCUT2D eigenvalue weighted by Gasteiger charge is 2.25. The summed E-state index contributed by atoms with van der Waals surface area (Å²) in [6.07, 6.45) is 5.88. The van der Waals surface area contributed by atoms with Gasteiger partial charge in [0.15, 0.2) is 0 Å². The van der Waals surface area contributed by atoms with Crippen LogP contribution in [0.3, 0.4) is 0 Å². The van der Waals surface area contributed by atoms with Crippen molar-refractivity contribution >= 4 is 6.03 Å². The average Bonchev–Trinajstić information content (AvgIpc) is 3.10. The summed E-state index contributed by atoms with van der Waals surface area (Å²) < 4.78 is 2.12. The number of imidazole rings is 1. The van der Waals surface area contributed by atoms with Crippen molar-refractivity contribution in [2.45, 2.75) is 38.5 Å². The highest BCUT2D eigenvalue weighted by molar-refractivity contribution is 5.74. The highest BCUT2D eigenvalue weighted by atomic mass is 16.2. The lowest BCUT2D eigenvalue weighted by molar-refractivity contribution is 0.156. The molecule has 0 bridgehead atoms. The van der Waals surface area contributed by atoms with E-state index in [0.29, 0.717) is 6.54 Å². The van der Waals surface area contributed by atoms with E-state index in [9.17, 15) is 4.79 Å². The third kappa shape index (κ3) is 3.85. The van der Waals surface area contributed by atoms with E-state index in [1.54, 1.807) is 0 Å². The van der Waals surface area contributed by atoms with Gasteiger partial charge in [-0.2, -0.15) is 0 Å². The van der Waals surface area contributed by atoms with E-state index in [4.69, 9.17) is 0 Å². The largest absolute Gasteiger partial charge is 0.334 e. The molecule has 0 radical (unpaired) electrons. The third-order valence-electron chi connectivity index (χ3n) is 5.13. The van der Waals surface area contributed by atoms with Crippen LogP contribution in [-0.4, -0.2) is 51.1 Å². The maximum atomic E-state index is 12.6. The zero-order chi connectivity index (χ0) is 17.1. The smallest absolute Gasteiger partial charge is 0.318 e.